The van der Waals surface area contributed by atoms with Crippen molar-refractivity contribution in [1.82, 2.24) is 0 Å². The summed E-state index contributed by atoms with van der Waals surface area (Å²) in [5.74, 6) is 0. The Balaban J connectivity index is 1.66. The second-order valence-electron chi connectivity index (χ2n) is 7.08. The third kappa shape index (κ3) is 4.12. The number of anilines is 1. The molecule has 3 aromatic rings. The van der Waals surface area contributed by atoms with Crippen molar-refractivity contribution in [2.24, 2.45) is 0 Å². The van der Waals surface area contributed by atoms with Crippen molar-refractivity contribution in [2.75, 3.05) is 18.0 Å². The minimum absolute atomic E-state index is 1.03. The summed E-state index contributed by atoms with van der Waals surface area (Å²) in [4.78, 5) is 2.36. The topological polar surface area (TPSA) is 3.24 Å². The summed E-state index contributed by atoms with van der Waals surface area (Å²) < 4.78 is 2.20. The first-order valence-corrected chi connectivity index (χ1v) is 11.5. The van der Waals surface area contributed by atoms with Crippen LogP contribution in [-0.2, 0) is 0 Å². The van der Waals surface area contributed by atoms with E-state index in [1.165, 1.54) is 39.1 Å². The summed E-state index contributed by atoms with van der Waals surface area (Å²) in [5, 5.41) is 0. The van der Waals surface area contributed by atoms with Crippen molar-refractivity contribution in [3.63, 3.8) is 0 Å². The van der Waals surface area contributed by atoms with Gasteiger partial charge in [-0.15, -0.1) is 0 Å². The molecule has 0 N–H and O–H groups in total. The Morgan fingerprint density at radius 2 is 1.28 bits per heavy atom. The lowest BCUT2D eigenvalue weighted by Crippen LogP contribution is -2.21. The van der Waals surface area contributed by atoms with Gasteiger partial charge in [0, 0.05) is 27.7 Å². The van der Waals surface area contributed by atoms with E-state index in [-0.39, 0.29) is 0 Å². The van der Waals surface area contributed by atoms with Crippen LogP contribution in [-0.4, -0.2) is 13.1 Å². The van der Waals surface area contributed by atoms with E-state index in [0.29, 0.717) is 0 Å². The zero-order valence-electron chi connectivity index (χ0n) is 16.6. The third-order valence-corrected chi connectivity index (χ3v) is 6.39. The van der Waals surface area contributed by atoms with Gasteiger partial charge in [0.05, 0.1) is 0 Å². The van der Waals surface area contributed by atoms with Gasteiger partial charge in [0.25, 0.3) is 0 Å². The number of nitrogens with zero attached hydrogens (tertiary/aromatic N) is 1. The number of rotatable bonds is 5. The minimum atomic E-state index is 1.03. The highest BCUT2D eigenvalue weighted by atomic mass is 79.9. The number of hydrogen-bond acceptors (Lipinski definition) is 1. The first-order valence-electron chi connectivity index (χ1n) is 9.94. The average molecular weight is 509 g/mol. The van der Waals surface area contributed by atoms with Gasteiger partial charge in [-0.3, -0.25) is 0 Å². The minimum Gasteiger partial charge on any atom is -0.372 e. The summed E-state index contributed by atoms with van der Waals surface area (Å²) in [7, 11) is 0. The van der Waals surface area contributed by atoms with E-state index in [1.54, 1.807) is 0 Å². The van der Waals surface area contributed by atoms with Gasteiger partial charge in [0.1, 0.15) is 0 Å². The summed E-state index contributed by atoms with van der Waals surface area (Å²) in [6.07, 6.45) is 6.55. The van der Waals surface area contributed by atoms with Crippen molar-refractivity contribution < 1.29 is 0 Å². The summed E-state index contributed by atoms with van der Waals surface area (Å²) in [6.45, 7) is 6.44. The van der Waals surface area contributed by atoms with E-state index in [0.717, 1.165) is 22.0 Å². The fraction of sp³-hybridized carbons (Fsp3) is 0.154. The van der Waals surface area contributed by atoms with Gasteiger partial charge in [-0.05, 0) is 83.6 Å². The molecule has 0 bridgehead atoms. The van der Waals surface area contributed by atoms with Crippen LogP contribution in [0.1, 0.15) is 30.5 Å². The number of benzene rings is 3. The molecule has 3 aromatic carbocycles. The highest BCUT2D eigenvalue weighted by Crippen LogP contribution is 2.46. The molecular weight excluding hydrogens is 486 g/mol. The van der Waals surface area contributed by atoms with E-state index in [4.69, 9.17) is 0 Å². The van der Waals surface area contributed by atoms with Gasteiger partial charge in [-0.1, -0.05) is 74.4 Å². The molecule has 29 heavy (non-hydrogen) atoms. The summed E-state index contributed by atoms with van der Waals surface area (Å²) in [6, 6.07) is 21.8. The van der Waals surface area contributed by atoms with Crippen molar-refractivity contribution in [2.45, 2.75) is 13.8 Å². The Morgan fingerprint density at radius 3 is 1.79 bits per heavy atom. The standard InChI is InChI=1S/C26H23Br2N/c1-3-29(4-2)21-12-8-18(9-13-21)6-5-7-22-25-16-19(27)10-14-23(25)24-15-11-20(28)17-26(22)24/h5-17H,3-4H2,1-2H3/b6-5+. The van der Waals surface area contributed by atoms with Crippen LogP contribution in [0.25, 0.3) is 22.8 Å². The summed E-state index contributed by atoms with van der Waals surface area (Å²) >= 11 is 7.26. The van der Waals surface area contributed by atoms with Crippen molar-refractivity contribution in [3.05, 3.63) is 98.5 Å². The van der Waals surface area contributed by atoms with E-state index in [1.807, 2.05) is 0 Å². The van der Waals surface area contributed by atoms with Crippen molar-refractivity contribution in [3.8, 4) is 11.1 Å². The molecule has 4 rings (SSSR count). The van der Waals surface area contributed by atoms with Crippen molar-refractivity contribution in [1.29, 1.82) is 0 Å². The second kappa shape index (κ2) is 8.73. The fourth-order valence-electron chi connectivity index (χ4n) is 3.91. The first-order chi connectivity index (χ1) is 14.1. The molecule has 0 heterocycles. The van der Waals surface area contributed by atoms with Crippen LogP contribution in [0.3, 0.4) is 0 Å². The van der Waals surface area contributed by atoms with E-state index < -0.39 is 0 Å². The average Bonchev–Trinajstić information content (AvgIpc) is 3.02. The number of halogens is 2. The molecule has 3 heteroatoms. The zero-order valence-corrected chi connectivity index (χ0v) is 19.8. The molecular formula is C26H23Br2N. The third-order valence-electron chi connectivity index (χ3n) is 5.41. The van der Waals surface area contributed by atoms with Crippen LogP contribution >= 0.6 is 31.9 Å². The van der Waals surface area contributed by atoms with Crippen LogP contribution < -0.4 is 4.90 Å². The van der Waals surface area contributed by atoms with Crippen LogP contribution in [0, 0.1) is 0 Å². The lowest BCUT2D eigenvalue weighted by Gasteiger charge is -2.20. The van der Waals surface area contributed by atoms with Gasteiger partial charge >= 0.3 is 0 Å². The maximum absolute atomic E-state index is 3.63. The van der Waals surface area contributed by atoms with Crippen LogP contribution in [0.2, 0.25) is 0 Å². The predicted octanol–water partition coefficient (Wildman–Crippen LogP) is 8.18. The molecule has 0 unspecified atom stereocenters. The molecule has 0 spiro atoms. The van der Waals surface area contributed by atoms with Crippen LogP contribution in [0.4, 0.5) is 5.69 Å². The largest absolute Gasteiger partial charge is 0.372 e. The van der Waals surface area contributed by atoms with Gasteiger partial charge in [-0.25, -0.2) is 0 Å². The van der Waals surface area contributed by atoms with Gasteiger partial charge in [-0.2, -0.15) is 0 Å². The van der Waals surface area contributed by atoms with Gasteiger partial charge in [0.2, 0.25) is 0 Å². The number of fused-ring (bicyclic) bond motifs is 3. The Bertz CT molecular complexity index is 1040. The molecule has 0 aliphatic heterocycles. The normalized spacial score (nSPS) is 12.2. The number of allylic oxidation sites excluding steroid dienone is 2. The van der Waals surface area contributed by atoms with Crippen LogP contribution in [0.15, 0.2) is 81.8 Å². The van der Waals surface area contributed by atoms with E-state index >= 15 is 0 Å². The molecule has 1 nitrogen and oxygen atoms in total. The Morgan fingerprint density at radius 1 is 0.724 bits per heavy atom. The molecule has 146 valence electrons. The monoisotopic (exact) mass is 507 g/mol. The fourth-order valence-corrected chi connectivity index (χ4v) is 4.64. The van der Waals surface area contributed by atoms with E-state index in [9.17, 15) is 0 Å². The lowest BCUT2D eigenvalue weighted by molar-refractivity contribution is 0.866. The molecule has 0 atom stereocenters. The van der Waals surface area contributed by atoms with Crippen molar-refractivity contribution >= 4 is 49.2 Å². The first kappa shape index (κ1) is 20.2. The lowest BCUT2D eigenvalue weighted by atomic mass is 10.0. The molecule has 0 aromatic heterocycles. The smallest absolute Gasteiger partial charge is 0.0366 e. The SMILES string of the molecule is CCN(CC)c1ccc(/C=C/C=C2c3cc(Br)ccc3-c3ccc(Br)cc32)cc1. The Kier molecular flexibility index (Phi) is 6.07. The second-order valence-corrected chi connectivity index (χ2v) is 8.91. The summed E-state index contributed by atoms with van der Waals surface area (Å²) in [5.41, 5.74) is 8.87. The highest BCUT2D eigenvalue weighted by molar-refractivity contribution is 9.10. The molecule has 1 aliphatic rings. The maximum Gasteiger partial charge on any atom is 0.0366 e. The number of hydrogen-bond donors (Lipinski definition) is 0. The van der Waals surface area contributed by atoms with Crippen LogP contribution in [0.5, 0.6) is 0 Å². The molecule has 0 fully saturated rings. The molecule has 0 saturated carbocycles. The zero-order chi connectivity index (χ0) is 20.4. The Hall–Kier alpha value is -2.10. The predicted molar refractivity (Wildman–Crippen MR) is 133 cm³/mol. The maximum atomic E-state index is 3.63. The quantitative estimate of drug-likeness (QED) is 0.262. The van der Waals surface area contributed by atoms with E-state index in [2.05, 4.69) is 129 Å². The van der Waals surface area contributed by atoms with Gasteiger partial charge < -0.3 is 4.90 Å². The molecule has 1 aliphatic carbocycles. The highest BCUT2D eigenvalue weighted by Gasteiger charge is 2.23. The molecule has 0 saturated heterocycles. The Labute approximate surface area is 190 Å². The molecule has 0 amide bonds. The molecule has 0 radical (unpaired) electrons. The van der Waals surface area contributed by atoms with Gasteiger partial charge in [0.15, 0.2) is 0 Å².